The van der Waals surface area contributed by atoms with Crippen LogP contribution >= 0.6 is 0 Å². The quantitative estimate of drug-likeness (QED) is 0.629. The largest absolute Gasteiger partial charge is 0.459 e. The van der Waals surface area contributed by atoms with Gasteiger partial charge in [-0.3, -0.25) is 4.79 Å². The second-order valence-electron chi connectivity index (χ2n) is 4.69. The maximum absolute atomic E-state index is 12.4. The first kappa shape index (κ1) is 14.0. The van der Waals surface area contributed by atoms with Gasteiger partial charge in [0, 0.05) is 11.1 Å². The summed E-state index contributed by atoms with van der Waals surface area (Å²) < 4.78 is 5.17. The van der Waals surface area contributed by atoms with Crippen molar-refractivity contribution >= 4 is 11.8 Å². The molecule has 0 atom stereocenters. The van der Waals surface area contributed by atoms with Gasteiger partial charge in [0.05, 0.1) is 11.7 Å². The smallest absolute Gasteiger partial charge is 0.339 e. The van der Waals surface area contributed by atoms with Crippen molar-refractivity contribution in [2.75, 3.05) is 0 Å². The molecule has 0 saturated carbocycles. The fourth-order valence-corrected chi connectivity index (χ4v) is 1.88. The summed E-state index contributed by atoms with van der Waals surface area (Å²) in [5, 5.41) is 0. The van der Waals surface area contributed by atoms with Gasteiger partial charge in [0.15, 0.2) is 5.78 Å². The fraction of sp³-hybridized carbons (Fsp3) is 0.176. The first-order valence-corrected chi connectivity index (χ1v) is 6.49. The van der Waals surface area contributed by atoms with Crippen LogP contribution in [0.4, 0.5) is 0 Å². The van der Waals surface area contributed by atoms with Crippen LogP contribution in [-0.4, -0.2) is 17.9 Å². The Kier molecular flexibility index (Phi) is 4.31. The summed E-state index contributed by atoms with van der Waals surface area (Å²) in [7, 11) is 0. The molecule has 0 amide bonds. The van der Waals surface area contributed by atoms with E-state index < -0.39 is 5.97 Å². The van der Waals surface area contributed by atoms with Gasteiger partial charge in [-0.25, -0.2) is 4.79 Å². The number of carbonyl (C=O) groups excluding carboxylic acids is 2. The zero-order valence-electron chi connectivity index (χ0n) is 11.5. The van der Waals surface area contributed by atoms with Gasteiger partial charge in [-0.05, 0) is 19.9 Å². The van der Waals surface area contributed by atoms with E-state index in [4.69, 9.17) is 4.74 Å². The molecule has 3 nitrogen and oxygen atoms in total. The number of rotatable bonds is 4. The Morgan fingerprint density at radius 3 is 2.00 bits per heavy atom. The number of benzene rings is 2. The van der Waals surface area contributed by atoms with E-state index in [-0.39, 0.29) is 11.9 Å². The Bertz CT molecular complexity index is 615. The molecule has 2 aromatic carbocycles. The van der Waals surface area contributed by atoms with E-state index >= 15 is 0 Å². The third-order valence-corrected chi connectivity index (χ3v) is 2.77. The van der Waals surface area contributed by atoms with Gasteiger partial charge in [0.25, 0.3) is 0 Å². The van der Waals surface area contributed by atoms with E-state index in [0.717, 1.165) is 0 Å². The molecule has 0 aromatic heterocycles. The summed E-state index contributed by atoms with van der Waals surface area (Å²) in [6.07, 6.45) is -0.220. The van der Waals surface area contributed by atoms with E-state index in [1.807, 2.05) is 6.07 Å². The Hall–Kier alpha value is -2.42. The molecule has 2 rings (SSSR count). The van der Waals surface area contributed by atoms with Crippen molar-refractivity contribution in [2.45, 2.75) is 20.0 Å². The highest BCUT2D eigenvalue weighted by Crippen LogP contribution is 2.16. The highest BCUT2D eigenvalue weighted by Gasteiger charge is 2.19. The third-order valence-electron chi connectivity index (χ3n) is 2.77. The molecule has 0 saturated heterocycles. The molecule has 0 aliphatic carbocycles. The van der Waals surface area contributed by atoms with Crippen molar-refractivity contribution in [1.29, 1.82) is 0 Å². The van der Waals surface area contributed by atoms with Crippen molar-refractivity contribution in [1.82, 2.24) is 0 Å². The summed E-state index contributed by atoms with van der Waals surface area (Å²) in [6, 6.07) is 15.6. The Morgan fingerprint density at radius 1 is 0.850 bits per heavy atom. The summed E-state index contributed by atoms with van der Waals surface area (Å²) >= 11 is 0. The predicted octanol–water partition coefficient (Wildman–Crippen LogP) is 3.48. The molecule has 0 N–H and O–H groups in total. The molecule has 0 aliphatic heterocycles. The molecule has 0 spiro atoms. The number of ether oxygens (including phenoxy) is 1. The summed E-state index contributed by atoms with van der Waals surface area (Å²) in [5.74, 6) is -0.651. The molecule has 20 heavy (non-hydrogen) atoms. The van der Waals surface area contributed by atoms with E-state index in [1.54, 1.807) is 62.4 Å². The molecule has 0 bridgehead atoms. The van der Waals surface area contributed by atoms with Crippen LogP contribution in [0.2, 0.25) is 0 Å². The van der Waals surface area contributed by atoms with Crippen molar-refractivity contribution in [3.8, 4) is 0 Å². The van der Waals surface area contributed by atoms with Crippen molar-refractivity contribution in [3.63, 3.8) is 0 Å². The molecule has 0 unspecified atom stereocenters. The number of hydrogen-bond acceptors (Lipinski definition) is 3. The van der Waals surface area contributed by atoms with E-state index in [2.05, 4.69) is 0 Å². The monoisotopic (exact) mass is 268 g/mol. The predicted molar refractivity (Wildman–Crippen MR) is 76.9 cm³/mol. The van der Waals surface area contributed by atoms with Crippen LogP contribution in [0.5, 0.6) is 0 Å². The van der Waals surface area contributed by atoms with Crippen LogP contribution in [0.25, 0.3) is 0 Å². The number of hydrogen-bond donors (Lipinski definition) is 0. The van der Waals surface area contributed by atoms with Gasteiger partial charge in [0.2, 0.25) is 0 Å². The Morgan fingerprint density at radius 2 is 1.40 bits per heavy atom. The van der Waals surface area contributed by atoms with Crippen molar-refractivity contribution < 1.29 is 14.3 Å². The molecule has 0 heterocycles. The lowest BCUT2D eigenvalue weighted by atomic mass is 9.98. The maximum atomic E-state index is 12.4. The minimum absolute atomic E-state index is 0.179. The number of esters is 1. The third kappa shape index (κ3) is 3.12. The lowest BCUT2D eigenvalue weighted by molar-refractivity contribution is 0.0375. The van der Waals surface area contributed by atoms with Gasteiger partial charge < -0.3 is 4.74 Å². The molecule has 3 heteroatoms. The van der Waals surface area contributed by atoms with Crippen LogP contribution in [0.15, 0.2) is 54.6 Å². The average molecular weight is 268 g/mol. The highest BCUT2D eigenvalue weighted by molar-refractivity contribution is 6.14. The van der Waals surface area contributed by atoms with Gasteiger partial charge in [-0.2, -0.15) is 0 Å². The zero-order chi connectivity index (χ0) is 14.5. The Labute approximate surface area is 118 Å². The van der Waals surface area contributed by atoms with Crippen LogP contribution in [0.3, 0.4) is 0 Å². The first-order chi connectivity index (χ1) is 9.59. The summed E-state index contributed by atoms with van der Waals surface area (Å²) in [5.41, 5.74) is 1.22. The van der Waals surface area contributed by atoms with Gasteiger partial charge in [-0.15, -0.1) is 0 Å². The van der Waals surface area contributed by atoms with Gasteiger partial charge in [0.1, 0.15) is 0 Å². The van der Waals surface area contributed by atoms with Gasteiger partial charge in [-0.1, -0.05) is 48.5 Å². The average Bonchev–Trinajstić information content (AvgIpc) is 2.46. The van der Waals surface area contributed by atoms with Crippen molar-refractivity contribution in [2.24, 2.45) is 0 Å². The molecule has 102 valence electrons. The molecular formula is C17H16O3. The van der Waals surface area contributed by atoms with E-state index in [0.29, 0.717) is 16.7 Å². The number of carbonyl (C=O) groups is 2. The summed E-state index contributed by atoms with van der Waals surface area (Å²) in [6.45, 7) is 3.55. The standard InChI is InChI=1S/C17H16O3/c1-12(2)20-17(19)15-11-7-6-10-14(15)16(18)13-8-4-3-5-9-13/h3-12H,1-2H3. The fourth-order valence-electron chi connectivity index (χ4n) is 1.88. The van der Waals surface area contributed by atoms with Crippen LogP contribution in [-0.2, 0) is 4.74 Å². The summed E-state index contributed by atoms with van der Waals surface area (Å²) in [4.78, 5) is 24.5. The lowest BCUT2D eigenvalue weighted by Gasteiger charge is -2.11. The zero-order valence-corrected chi connectivity index (χ0v) is 11.5. The minimum atomic E-state index is -0.472. The van der Waals surface area contributed by atoms with E-state index in [1.165, 1.54) is 0 Å². The lowest BCUT2D eigenvalue weighted by Crippen LogP contribution is -2.16. The SMILES string of the molecule is CC(C)OC(=O)c1ccccc1C(=O)c1ccccc1. The molecule has 0 aliphatic rings. The molecule has 0 radical (unpaired) electrons. The second kappa shape index (κ2) is 6.15. The minimum Gasteiger partial charge on any atom is -0.459 e. The second-order valence-corrected chi connectivity index (χ2v) is 4.69. The van der Waals surface area contributed by atoms with Crippen LogP contribution in [0.1, 0.15) is 40.1 Å². The first-order valence-electron chi connectivity index (χ1n) is 6.49. The molecule has 2 aromatic rings. The molecular weight excluding hydrogens is 252 g/mol. The topological polar surface area (TPSA) is 43.4 Å². The van der Waals surface area contributed by atoms with Crippen molar-refractivity contribution in [3.05, 3.63) is 71.3 Å². The van der Waals surface area contributed by atoms with Crippen LogP contribution < -0.4 is 0 Å². The van der Waals surface area contributed by atoms with Gasteiger partial charge >= 0.3 is 5.97 Å². The van der Waals surface area contributed by atoms with Crippen LogP contribution in [0, 0.1) is 0 Å². The maximum Gasteiger partial charge on any atom is 0.339 e. The molecule has 0 fully saturated rings. The highest BCUT2D eigenvalue weighted by atomic mass is 16.5. The van der Waals surface area contributed by atoms with E-state index in [9.17, 15) is 9.59 Å². The Balaban J connectivity index is 2.38. The number of ketones is 1. The normalized spacial score (nSPS) is 10.3.